The van der Waals surface area contributed by atoms with Crippen molar-refractivity contribution in [2.45, 2.75) is 18.8 Å². The van der Waals surface area contributed by atoms with E-state index in [2.05, 4.69) is 36.1 Å². The molecule has 0 radical (unpaired) electrons. The fraction of sp³-hybridized carbons (Fsp3) is 0.261. The molecule has 0 spiro atoms. The van der Waals surface area contributed by atoms with Crippen molar-refractivity contribution in [3.63, 3.8) is 0 Å². The van der Waals surface area contributed by atoms with Gasteiger partial charge in [-0.05, 0) is 36.6 Å². The maximum absolute atomic E-state index is 10.9. The minimum atomic E-state index is -0.823. The monoisotopic (exact) mass is 345 g/mol. The zero-order chi connectivity index (χ0) is 18.4. The van der Waals surface area contributed by atoms with Crippen LogP contribution in [0.1, 0.15) is 29.0 Å². The van der Waals surface area contributed by atoms with Crippen LogP contribution in [-0.4, -0.2) is 36.1 Å². The zero-order valence-corrected chi connectivity index (χ0v) is 15.0. The van der Waals surface area contributed by atoms with Crippen molar-refractivity contribution in [3.05, 3.63) is 77.4 Å². The highest BCUT2D eigenvalue weighted by molar-refractivity contribution is 5.79. The predicted molar refractivity (Wildman–Crippen MR) is 105 cm³/mol. The topological polar surface area (TPSA) is 40.5 Å². The second kappa shape index (κ2) is 8.51. The maximum Gasteiger partial charge on any atom is 0.317 e. The van der Waals surface area contributed by atoms with Gasteiger partial charge in [-0.3, -0.25) is 9.69 Å². The van der Waals surface area contributed by atoms with Gasteiger partial charge in [-0.15, -0.1) is 0 Å². The summed E-state index contributed by atoms with van der Waals surface area (Å²) in [5, 5.41) is 8.92. The molecule has 0 aromatic heterocycles. The van der Waals surface area contributed by atoms with E-state index in [1.165, 1.54) is 11.1 Å². The van der Waals surface area contributed by atoms with Crippen LogP contribution in [-0.2, 0) is 11.2 Å². The summed E-state index contributed by atoms with van der Waals surface area (Å²) in [7, 11) is 1.80. The predicted octanol–water partition coefficient (Wildman–Crippen LogP) is 3.82. The van der Waals surface area contributed by atoms with Gasteiger partial charge in [-0.1, -0.05) is 72.5 Å². The molecular formula is C23H23NO2. The summed E-state index contributed by atoms with van der Waals surface area (Å²) in [6.07, 6.45) is 4.17. The van der Waals surface area contributed by atoms with Gasteiger partial charge in [0.2, 0.25) is 0 Å². The molecular weight excluding hydrogens is 322 g/mol. The molecule has 0 saturated heterocycles. The van der Waals surface area contributed by atoms with Gasteiger partial charge < -0.3 is 5.11 Å². The van der Waals surface area contributed by atoms with Crippen LogP contribution in [0.5, 0.6) is 0 Å². The fourth-order valence-corrected chi connectivity index (χ4v) is 3.27. The van der Waals surface area contributed by atoms with Crippen molar-refractivity contribution in [2.24, 2.45) is 0 Å². The lowest BCUT2D eigenvalue weighted by Gasteiger charge is -2.11. The van der Waals surface area contributed by atoms with E-state index in [4.69, 9.17) is 5.11 Å². The summed E-state index contributed by atoms with van der Waals surface area (Å²) < 4.78 is 0. The number of nitrogens with zero attached hydrogens (tertiary/aromatic N) is 1. The molecule has 0 bridgehead atoms. The molecule has 0 heterocycles. The summed E-state index contributed by atoms with van der Waals surface area (Å²) in [5.74, 6) is 6.26. The Morgan fingerprint density at radius 2 is 1.92 bits per heavy atom. The quantitative estimate of drug-likeness (QED) is 0.838. The molecule has 0 aliphatic heterocycles. The van der Waals surface area contributed by atoms with E-state index in [1.807, 2.05) is 36.4 Å². The Morgan fingerprint density at radius 1 is 1.19 bits per heavy atom. The van der Waals surface area contributed by atoms with Crippen LogP contribution in [0.4, 0.5) is 0 Å². The Hall–Kier alpha value is -2.83. The van der Waals surface area contributed by atoms with Gasteiger partial charge >= 0.3 is 5.97 Å². The van der Waals surface area contributed by atoms with E-state index in [0.717, 1.165) is 24.0 Å². The number of likely N-dealkylation sites (N-methyl/N-ethyl adjacent to an activating group) is 1. The largest absolute Gasteiger partial charge is 0.480 e. The number of benzene rings is 2. The third-order valence-electron chi connectivity index (χ3n) is 4.61. The van der Waals surface area contributed by atoms with Gasteiger partial charge in [0.05, 0.1) is 6.54 Å². The van der Waals surface area contributed by atoms with Crippen molar-refractivity contribution >= 4 is 11.5 Å². The lowest BCUT2D eigenvalue weighted by molar-refractivity contribution is -0.137. The van der Waals surface area contributed by atoms with Crippen molar-refractivity contribution in [1.29, 1.82) is 0 Å². The molecule has 2 aromatic carbocycles. The standard InChI is InChI=1S/C23H23NO2/c1-24(17-23(25)26)16-15-19(18-7-3-2-4-8-18)11-12-21-14-13-20-9-5-6-10-22(20)21/h2-10,15,21H,13-14,16-17H2,1H3,(H,25,26)/b19-15-. The first-order valence-electron chi connectivity index (χ1n) is 8.89. The number of fused-ring (bicyclic) bond motifs is 1. The molecule has 132 valence electrons. The van der Waals surface area contributed by atoms with Gasteiger partial charge in [0, 0.05) is 18.0 Å². The number of aliphatic carboxylic acids is 1. The lowest BCUT2D eigenvalue weighted by Crippen LogP contribution is -2.25. The Labute approximate surface area is 155 Å². The van der Waals surface area contributed by atoms with Crippen LogP contribution in [0.2, 0.25) is 0 Å². The molecule has 3 nitrogen and oxygen atoms in total. The maximum atomic E-state index is 10.9. The van der Waals surface area contributed by atoms with Gasteiger partial charge in [-0.25, -0.2) is 0 Å². The molecule has 0 fully saturated rings. The van der Waals surface area contributed by atoms with Gasteiger partial charge in [-0.2, -0.15) is 0 Å². The first-order chi connectivity index (χ1) is 12.6. The number of allylic oxidation sites excluding steroid dienone is 1. The molecule has 0 saturated carbocycles. The first kappa shape index (κ1) is 18.0. The highest BCUT2D eigenvalue weighted by Crippen LogP contribution is 2.32. The third kappa shape index (κ3) is 4.62. The van der Waals surface area contributed by atoms with Crippen molar-refractivity contribution < 1.29 is 9.90 Å². The number of carboxylic acids is 1. The number of hydrogen-bond donors (Lipinski definition) is 1. The second-order valence-electron chi connectivity index (χ2n) is 6.63. The number of carboxylic acid groups (broad SMARTS) is 1. The molecule has 3 rings (SSSR count). The van der Waals surface area contributed by atoms with E-state index >= 15 is 0 Å². The molecule has 1 atom stereocenters. The van der Waals surface area contributed by atoms with Crippen LogP contribution in [0.3, 0.4) is 0 Å². The van der Waals surface area contributed by atoms with Crippen LogP contribution in [0.25, 0.3) is 5.57 Å². The van der Waals surface area contributed by atoms with Gasteiger partial charge in [0.25, 0.3) is 0 Å². The summed E-state index contributed by atoms with van der Waals surface area (Å²) in [4.78, 5) is 12.6. The van der Waals surface area contributed by atoms with Crippen molar-refractivity contribution in [1.82, 2.24) is 4.90 Å². The second-order valence-corrected chi connectivity index (χ2v) is 6.63. The smallest absolute Gasteiger partial charge is 0.317 e. The molecule has 1 N–H and O–H groups in total. The van der Waals surface area contributed by atoms with E-state index in [-0.39, 0.29) is 12.5 Å². The molecule has 26 heavy (non-hydrogen) atoms. The first-order valence-corrected chi connectivity index (χ1v) is 8.89. The van der Waals surface area contributed by atoms with Crippen molar-refractivity contribution in [3.8, 4) is 11.8 Å². The summed E-state index contributed by atoms with van der Waals surface area (Å²) in [5.41, 5.74) is 4.76. The summed E-state index contributed by atoms with van der Waals surface area (Å²) >= 11 is 0. The Bertz CT molecular complexity index is 859. The molecule has 2 aromatic rings. The van der Waals surface area contributed by atoms with Crippen LogP contribution in [0.15, 0.2) is 60.7 Å². The minimum Gasteiger partial charge on any atom is -0.480 e. The van der Waals surface area contributed by atoms with Crippen LogP contribution >= 0.6 is 0 Å². The lowest BCUT2D eigenvalue weighted by atomic mass is 10.00. The van der Waals surface area contributed by atoms with E-state index in [0.29, 0.717) is 6.54 Å². The molecule has 1 aliphatic rings. The average Bonchev–Trinajstić information content (AvgIpc) is 3.05. The normalized spacial score (nSPS) is 16.1. The number of carbonyl (C=O) groups is 1. The Kier molecular flexibility index (Phi) is 5.88. The number of rotatable bonds is 5. The highest BCUT2D eigenvalue weighted by Gasteiger charge is 2.19. The fourth-order valence-electron chi connectivity index (χ4n) is 3.27. The summed E-state index contributed by atoms with van der Waals surface area (Å²) in [6, 6.07) is 18.6. The average molecular weight is 345 g/mol. The SMILES string of the molecule is CN(C/C=C(/C#CC1CCc2ccccc21)c1ccccc1)CC(=O)O. The van der Waals surface area contributed by atoms with Crippen LogP contribution < -0.4 is 0 Å². The Morgan fingerprint density at radius 3 is 2.69 bits per heavy atom. The van der Waals surface area contributed by atoms with Gasteiger partial charge in [0.15, 0.2) is 0 Å². The Balaban J connectivity index is 1.83. The molecule has 1 unspecified atom stereocenters. The van der Waals surface area contributed by atoms with E-state index < -0.39 is 5.97 Å². The van der Waals surface area contributed by atoms with Crippen LogP contribution in [0, 0.1) is 11.8 Å². The minimum absolute atomic E-state index is 0.0159. The molecule has 1 aliphatic carbocycles. The van der Waals surface area contributed by atoms with E-state index in [9.17, 15) is 4.79 Å². The number of hydrogen-bond acceptors (Lipinski definition) is 2. The number of aryl methyl sites for hydroxylation is 1. The molecule has 3 heteroatoms. The third-order valence-corrected chi connectivity index (χ3v) is 4.61. The summed E-state index contributed by atoms with van der Waals surface area (Å²) in [6.45, 7) is 0.564. The molecule has 0 amide bonds. The highest BCUT2D eigenvalue weighted by atomic mass is 16.4. The van der Waals surface area contributed by atoms with E-state index in [1.54, 1.807) is 11.9 Å². The van der Waals surface area contributed by atoms with Gasteiger partial charge in [0.1, 0.15) is 0 Å². The zero-order valence-electron chi connectivity index (χ0n) is 15.0. The van der Waals surface area contributed by atoms with Crippen molar-refractivity contribution in [2.75, 3.05) is 20.1 Å².